The van der Waals surface area contributed by atoms with Crippen LogP contribution >= 0.6 is 0 Å². The van der Waals surface area contributed by atoms with Gasteiger partial charge in [-0.05, 0) is 27.7 Å². The van der Waals surface area contributed by atoms with Crippen LogP contribution in [0.15, 0.2) is 4.42 Å². The summed E-state index contributed by atoms with van der Waals surface area (Å²) in [5, 5.41) is 0. The maximum atomic E-state index is 11.6. The summed E-state index contributed by atoms with van der Waals surface area (Å²) in [6.07, 6.45) is -0.0825. The van der Waals surface area contributed by atoms with E-state index in [0.29, 0.717) is 13.2 Å². The minimum Gasteiger partial charge on any atom is -0.444 e. The first-order chi connectivity index (χ1) is 11.2. The van der Waals surface area contributed by atoms with Gasteiger partial charge < -0.3 is 18.8 Å². The fourth-order valence-corrected chi connectivity index (χ4v) is 2.83. The molecule has 1 atom stereocenters. The second kappa shape index (κ2) is 7.63. The van der Waals surface area contributed by atoms with Gasteiger partial charge in [0.25, 0.3) is 0 Å². The molecule has 7 nitrogen and oxygen atoms in total. The zero-order chi connectivity index (χ0) is 17.9. The van der Waals surface area contributed by atoms with Crippen LogP contribution in [0.25, 0.3) is 0 Å². The molecule has 2 rings (SSSR count). The van der Waals surface area contributed by atoms with Crippen LogP contribution in [-0.2, 0) is 20.8 Å². The normalized spacial score (nSPS) is 21.0. The largest absolute Gasteiger partial charge is 0.444 e. The van der Waals surface area contributed by atoms with Crippen LogP contribution in [0, 0.1) is 13.8 Å². The van der Waals surface area contributed by atoms with Crippen molar-refractivity contribution in [3.63, 3.8) is 0 Å². The number of oxazole rings is 1. The van der Waals surface area contributed by atoms with E-state index in [1.165, 1.54) is 4.90 Å². The van der Waals surface area contributed by atoms with E-state index in [1.54, 1.807) is 14.1 Å². The van der Waals surface area contributed by atoms with Crippen molar-refractivity contribution >= 4 is 5.91 Å². The molecule has 7 heteroatoms. The summed E-state index contributed by atoms with van der Waals surface area (Å²) >= 11 is 0. The van der Waals surface area contributed by atoms with Crippen molar-refractivity contribution in [2.24, 2.45) is 0 Å². The zero-order valence-corrected chi connectivity index (χ0v) is 15.6. The third-order valence-electron chi connectivity index (χ3n) is 4.01. The highest BCUT2D eigenvalue weighted by atomic mass is 16.6. The Morgan fingerprint density at radius 2 is 2.12 bits per heavy atom. The molecule has 1 aliphatic heterocycles. The lowest BCUT2D eigenvalue weighted by Crippen LogP contribution is -2.53. The molecular formula is C17H29N3O4. The third-order valence-corrected chi connectivity index (χ3v) is 4.01. The van der Waals surface area contributed by atoms with Crippen molar-refractivity contribution in [1.29, 1.82) is 0 Å². The first-order valence-corrected chi connectivity index (χ1v) is 8.27. The predicted octanol–water partition coefficient (Wildman–Crippen LogP) is 1.38. The van der Waals surface area contributed by atoms with E-state index in [-0.39, 0.29) is 24.2 Å². The molecule has 0 N–H and O–H groups in total. The monoisotopic (exact) mass is 339 g/mol. The van der Waals surface area contributed by atoms with E-state index >= 15 is 0 Å². The van der Waals surface area contributed by atoms with Gasteiger partial charge in [0.2, 0.25) is 11.8 Å². The third kappa shape index (κ3) is 5.29. The lowest BCUT2D eigenvalue weighted by molar-refractivity contribution is -0.162. The lowest BCUT2D eigenvalue weighted by atomic mass is 10.1. The number of aromatic nitrogens is 1. The van der Waals surface area contributed by atoms with Gasteiger partial charge >= 0.3 is 0 Å². The number of likely N-dealkylation sites (N-methyl/N-ethyl adjacent to an activating group) is 1. The van der Waals surface area contributed by atoms with E-state index in [2.05, 4.69) is 23.7 Å². The summed E-state index contributed by atoms with van der Waals surface area (Å²) < 4.78 is 17.3. The fraction of sp³-hybridized carbons (Fsp3) is 0.765. The smallest absolute Gasteiger partial charge is 0.248 e. The number of carbonyl (C=O) groups is 1. The molecule has 1 saturated heterocycles. The number of aryl methyl sites for hydroxylation is 2. The molecule has 2 heterocycles. The molecule has 1 fully saturated rings. The quantitative estimate of drug-likeness (QED) is 0.780. The van der Waals surface area contributed by atoms with Gasteiger partial charge in [0.15, 0.2) is 0 Å². The molecule has 1 aromatic rings. The first-order valence-electron chi connectivity index (χ1n) is 8.27. The van der Waals surface area contributed by atoms with Crippen molar-refractivity contribution in [3.05, 3.63) is 17.3 Å². The molecule has 0 radical (unpaired) electrons. The number of carbonyl (C=O) groups excluding carboxylic acids is 1. The van der Waals surface area contributed by atoms with Crippen molar-refractivity contribution in [3.8, 4) is 0 Å². The van der Waals surface area contributed by atoms with Crippen molar-refractivity contribution < 1.29 is 18.7 Å². The molecule has 1 aromatic heterocycles. The highest BCUT2D eigenvalue weighted by Gasteiger charge is 2.34. The van der Waals surface area contributed by atoms with Crippen molar-refractivity contribution in [1.82, 2.24) is 14.8 Å². The minimum absolute atomic E-state index is 0.0485. The number of rotatable bonds is 6. The molecule has 1 amide bonds. The maximum absolute atomic E-state index is 11.6. The minimum atomic E-state index is -0.283. The van der Waals surface area contributed by atoms with Crippen LogP contribution in [0.2, 0.25) is 0 Å². The van der Waals surface area contributed by atoms with Crippen LogP contribution in [0.1, 0.15) is 31.2 Å². The molecule has 0 bridgehead atoms. The standard InChI is InChI=1S/C17H29N3O4/c1-12-13(2)23-15(18-12)8-20-7-14(24-17(3,4)11-20)9-22-10-16(21)19(5)6/h14H,7-11H2,1-6H3. The van der Waals surface area contributed by atoms with Crippen molar-refractivity contribution in [2.75, 3.05) is 40.4 Å². The number of amides is 1. The Hall–Kier alpha value is -1.44. The Bertz CT molecular complexity index is 549. The van der Waals surface area contributed by atoms with Crippen LogP contribution < -0.4 is 0 Å². The summed E-state index contributed by atoms with van der Waals surface area (Å²) in [5.41, 5.74) is 0.647. The van der Waals surface area contributed by atoms with E-state index in [4.69, 9.17) is 13.9 Å². The Morgan fingerprint density at radius 1 is 1.42 bits per heavy atom. The number of nitrogens with zero attached hydrogens (tertiary/aromatic N) is 3. The fourth-order valence-electron chi connectivity index (χ4n) is 2.83. The van der Waals surface area contributed by atoms with Gasteiger partial charge in [-0.1, -0.05) is 0 Å². The molecule has 0 spiro atoms. The summed E-state index contributed by atoms with van der Waals surface area (Å²) in [7, 11) is 3.43. The average Bonchev–Trinajstić information content (AvgIpc) is 2.75. The van der Waals surface area contributed by atoms with Gasteiger partial charge in [-0.2, -0.15) is 0 Å². The molecule has 24 heavy (non-hydrogen) atoms. The molecule has 136 valence electrons. The number of morpholine rings is 1. The Kier molecular flexibility index (Phi) is 6.01. The topological polar surface area (TPSA) is 68.0 Å². The van der Waals surface area contributed by atoms with Gasteiger partial charge in [0, 0.05) is 27.2 Å². The highest BCUT2D eigenvalue weighted by Crippen LogP contribution is 2.23. The van der Waals surface area contributed by atoms with E-state index in [1.807, 2.05) is 13.8 Å². The van der Waals surface area contributed by atoms with Crippen LogP contribution in [0.3, 0.4) is 0 Å². The van der Waals surface area contributed by atoms with Crippen LogP contribution in [-0.4, -0.2) is 72.8 Å². The second-order valence-electron chi connectivity index (χ2n) is 7.22. The Labute approximate surface area is 143 Å². The summed E-state index contributed by atoms with van der Waals surface area (Å²) in [5.74, 6) is 1.54. The predicted molar refractivity (Wildman–Crippen MR) is 89.7 cm³/mol. The molecule has 1 unspecified atom stereocenters. The van der Waals surface area contributed by atoms with Gasteiger partial charge in [-0.25, -0.2) is 4.98 Å². The zero-order valence-electron chi connectivity index (χ0n) is 15.6. The van der Waals surface area contributed by atoms with Gasteiger partial charge in [-0.3, -0.25) is 9.69 Å². The molecule has 1 aliphatic rings. The molecule has 0 saturated carbocycles. The molecular weight excluding hydrogens is 310 g/mol. The Balaban J connectivity index is 1.90. The SMILES string of the molecule is Cc1nc(CN2CC(COCC(=O)N(C)C)OC(C)(C)C2)oc1C. The van der Waals surface area contributed by atoms with Gasteiger partial charge in [0.05, 0.1) is 30.6 Å². The second-order valence-corrected chi connectivity index (χ2v) is 7.22. The molecule has 0 aromatic carbocycles. The van der Waals surface area contributed by atoms with E-state index in [0.717, 1.165) is 30.4 Å². The maximum Gasteiger partial charge on any atom is 0.248 e. The highest BCUT2D eigenvalue weighted by molar-refractivity contribution is 5.76. The number of hydrogen-bond acceptors (Lipinski definition) is 6. The Morgan fingerprint density at radius 3 is 2.71 bits per heavy atom. The van der Waals surface area contributed by atoms with Gasteiger partial charge in [-0.15, -0.1) is 0 Å². The number of ether oxygens (including phenoxy) is 2. The lowest BCUT2D eigenvalue weighted by Gasteiger charge is -2.42. The van der Waals surface area contributed by atoms with Crippen LogP contribution in [0.4, 0.5) is 0 Å². The summed E-state index contributed by atoms with van der Waals surface area (Å²) in [4.78, 5) is 19.8. The van der Waals surface area contributed by atoms with Gasteiger partial charge in [0.1, 0.15) is 12.4 Å². The first kappa shape index (κ1) is 18.9. The molecule has 0 aliphatic carbocycles. The van der Waals surface area contributed by atoms with E-state index in [9.17, 15) is 4.79 Å². The average molecular weight is 339 g/mol. The number of hydrogen-bond donors (Lipinski definition) is 0. The van der Waals surface area contributed by atoms with E-state index < -0.39 is 0 Å². The van der Waals surface area contributed by atoms with Crippen molar-refractivity contribution in [2.45, 2.75) is 45.9 Å². The van der Waals surface area contributed by atoms with Crippen LogP contribution in [0.5, 0.6) is 0 Å². The summed E-state index contributed by atoms with van der Waals surface area (Å²) in [6.45, 7) is 10.6. The summed E-state index contributed by atoms with van der Waals surface area (Å²) in [6, 6.07) is 0.